The van der Waals surface area contributed by atoms with Crippen molar-refractivity contribution < 1.29 is 9.53 Å². The SMILES string of the molecule is CC1CCC(=O)N(CCCOc2cccc(C#N)c2)CC1. The molecule has 0 bridgehead atoms. The van der Waals surface area contributed by atoms with Crippen LogP contribution < -0.4 is 4.74 Å². The number of likely N-dealkylation sites (tertiary alicyclic amines) is 1. The number of amides is 1. The van der Waals surface area contributed by atoms with Crippen molar-refractivity contribution in [3.63, 3.8) is 0 Å². The fourth-order valence-electron chi connectivity index (χ4n) is 2.51. The Bertz CT molecular complexity index is 522. The fraction of sp³-hybridized carbons (Fsp3) is 0.529. The molecule has 1 amide bonds. The second-order valence-electron chi connectivity index (χ2n) is 5.65. The third-order valence-corrected chi connectivity index (χ3v) is 3.90. The maximum absolute atomic E-state index is 12.0. The van der Waals surface area contributed by atoms with E-state index >= 15 is 0 Å². The zero-order chi connectivity index (χ0) is 15.1. The van der Waals surface area contributed by atoms with Crippen LogP contribution in [0.4, 0.5) is 0 Å². The molecule has 1 atom stereocenters. The number of nitrogens with zero attached hydrogens (tertiary/aromatic N) is 2. The maximum Gasteiger partial charge on any atom is 0.222 e. The Kier molecular flexibility index (Phi) is 5.62. The van der Waals surface area contributed by atoms with Gasteiger partial charge in [-0.25, -0.2) is 0 Å². The second-order valence-corrected chi connectivity index (χ2v) is 5.65. The van der Waals surface area contributed by atoms with E-state index in [0.29, 0.717) is 30.3 Å². The number of hydrogen-bond donors (Lipinski definition) is 0. The Balaban J connectivity index is 1.74. The second kappa shape index (κ2) is 7.68. The van der Waals surface area contributed by atoms with Crippen molar-refractivity contribution >= 4 is 5.91 Å². The molecule has 0 saturated carbocycles. The standard InChI is InChI=1S/C17H22N2O2/c1-14-6-7-17(20)19(10-8-14)9-3-11-21-16-5-2-4-15(12-16)13-18/h2,4-5,12,14H,3,6-11H2,1H3. The molecule has 1 fully saturated rings. The molecule has 4 nitrogen and oxygen atoms in total. The van der Waals surface area contributed by atoms with Crippen LogP contribution in [0.15, 0.2) is 24.3 Å². The van der Waals surface area contributed by atoms with Crippen LogP contribution in [-0.4, -0.2) is 30.5 Å². The van der Waals surface area contributed by atoms with Gasteiger partial charge in [0.15, 0.2) is 0 Å². The minimum atomic E-state index is 0.269. The van der Waals surface area contributed by atoms with Crippen LogP contribution in [0.2, 0.25) is 0 Å². The molecule has 112 valence electrons. The van der Waals surface area contributed by atoms with Gasteiger partial charge in [-0.2, -0.15) is 5.26 Å². The van der Waals surface area contributed by atoms with Gasteiger partial charge in [-0.1, -0.05) is 13.0 Å². The molecule has 0 radical (unpaired) electrons. The molecule has 1 heterocycles. The van der Waals surface area contributed by atoms with Crippen LogP contribution in [0, 0.1) is 17.2 Å². The summed E-state index contributed by atoms with van der Waals surface area (Å²) in [4.78, 5) is 13.9. The smallest absolute Gasteiger partial charge is 0.222 e. The van der Waals surface area contributed by atoms with Gasteiger partial charge in [0, 0.05) is 19.5 Å². The molecule has 0 spiro atoms. The summed E-state index contributed by atoms with van der Waals surface area (Å²) in [5, 5.41) is 8.83. The molecule has 21 heavy (non-hydrogen) atoms. The quantitative estimate of drug-likeness (QED) is 0.782. The summed E-state index contributed by atoms with van der Waals surface area (Å²) in [7, 11) is 0. The molecule has 0 N–H and O–H groups in total. The lowest BCUT2D eigenvalue weighted by Gasteiger charge is -2.20. The molecular formula is C17H22N2O2. The molecule has 1 unspecified atom stereocenters. The topological polar surface area (TPSA) is 53.3 Å². The third kappa shape index (κ3) is 4.78. The Hall–Kier alpha value is -2.02. The third-order valence-electron chi connectivity index (χ3n) is 3.90. The molecule has 2 rings (SSSR count). The average molecular weight is 286 g/mol. The lowest BCUT2D eigenvalue weighted by Crippen LogP contribution is -2.32. The van der Waals surface area contributed by atoms with E-state index in [1.807, 2.05) is 17.0 Å². The Labute approximate surface area is 126 Å². The van der Waals surface area contributed by atoms with E-state index in [-0.39, 0.29) is 5.91 Å². The molecular weight excluding hydrogens is 264 g/mol. The molecule has 4 heteroatoms. The number of nitriles is 1. The van der Waals surface area contributed by atoms with E-state index in [1.54, 1.807) is 12.1 Å². The van der Waals surface area contributed by atoms with Gasteiger partial charge in [-0.05, 0) is 43.4 Å². The summed E-state index contributed by atoms with van der Waals surface area (Å²) in [6.45, 7) is 4.39. The molecule has 1 saturated heterocycles. The number of hydrogen-bond acceptors (Lipinski definition) is 3. The maximum atomic E-state index is 12.0. The van der Waals surface area contributed by atoms with Crippen LogP contribution in [0.1, 0.15) is 38.2 Å². The van der Waals surface area contributed by atoms with Gasteiger partial charge in [0.2, 0.25) is 5.91 Å². The zero-order valence-corrected chi connectivity index (χ0v) is 12.5. The Morgan fingerprint density at radius 1 is 1.43 bits per heavy atom. The van der Waals surface area contributed by atoms with Crippen molar-refractivity contribution in [1.29, 1.82) is 5.26 Å². The van der Waals surface area contributed by atoms with Crippen LogP contribution >= 0.6 is 0 Å². The average Bonchev–Trinajstić information content (AvgIpc) is 2.66. The first-order valence-corrected chi connectivity index (χ1v) is 7.60. The van der Waals surface area contributed by atoms with Crippen LogP contribution in [0.5, 0.6) is 5.75 Å². The lowest BCUT2D eigenvalue weighted by atomic mass is 10.0. The highest BCUT2D eigenvalue weighted by Gasteiger charge is 2.19. The largest absolute Gasteiger partial charge is 0.493 e. The van der Waals surface area contributed by atoms with E-state index < -0.39 is 0 Å². The van der Waals surface area contributed by atoms with Crippen molar-refractivity contribution in [3.05, 3.63) is 29.8 Å². The van der Waals surface area contributed by atoms with E-state index in [9.17, 15) is 4.79 Å². The first kappa shape index (κ1) is 15.4. The van der Waals surface area contributed by atoms with Gasteiger partial charge in [0.1, 0.15) is 5.75 Å². The summed E-state index contributed by atoms with van der Waals surface area (Å²) < 4.78 is 5.64. The van der Waals surface area contributed by atoms with Gasteiger partial charge >= 0.3 is 0 Å². The van der Waals surface area contributed by atoms with Crippen molar-refractivity contribution in [2.75, 3.05) is 19.7 Å². The highest BCUT2D eigenvalue weighted by atomic mass is 16.5. The zero-order valence-electron chi connectivity index (χ0n) is 12.5. The predicted molar refractivity (Wildman–Crippen MR) is 80.9 cm³/mol. The van der Waals surface area contributed by atoms with Crippen LogP contribution in [0.25, 0.3) is 0 Å². The summed E-state index contributed by atoms with van der Waals surface area (Å²) >= 11 is 0. The van der Waals surface area contributed by atoms with E-state index in [4.69, 9.17) is 10.00 Å². The van der Waals surface area contributed by atoms with Crippen LogP contribution in [-0.2, 0) is 4.79 Å². The molecule has 1 aromatic rings. The Morgan fingerprint density at radius 2 is 2.29 bits per heavy atom. The van der Waals surface area contributed by atoms with Crippen molar-refractivity contribution in [2.45, 2.75) is 32.6 Å². The predicted octanol–water partition coefficient (Wildman–Crippen LogP) is 2.98. The summed E-state index contributed by atoms with van der Waals surface area (Å²) in [5.74, 6) is 1.62. The van der Waals surface area contributed by atoms with Crippen LogP contribution in [0.3, 0.4) is 0 Å². The summed E-state index contributed by atoms with van der Waals surface area (Å²) in [6.07, 6.45) is 3.59. The highest BCUT2D eigenvalue weighted by molar-refractivity contribution is 5.76. The number of ether oxygens (including phenoxy) is 1. The molecule has 1 aromatic carbocycles. The highest BCUT2D eigenvalue weighted by Crippen LogP contribution is 2.18. The molecule has 0 aromatic heterocycles. The van der Waals surface area contributed by atoms with Gasteiger partial charge in [0.05, 0.1) is 18.2 Å². The molecule has 0 aliphatic carbocycles. The molecule has 1 aliphatic heterocycles. The minimum absolute atomic E-state index is 0.269. The van der Waals surface area contributed by atoms with Gasteiger partial charge in [-0.15, -0.1) is 0 Å². The first-order valence-electron chi connectivity index (χ1n) is 7.60. The lowest BCUT2D eigenvalue weighted by molar-refractivity contribution is -0.130. The minimum Gasteiger partial charge on any atom is -0.493 e. The number of benzene rings is 1. The monoisotopic (exact) mass is 286 g/mol. The number of carbonyl (C=O) groups is 1. The number of rotatable bonds is 5. The van der Waals surface area contributed by atoms with Crippen molar-refractivity contribution in [2.24, 2.45) is 5.92 Å². The first-order chi connectivity index (χ1) is 10.2. The Morgan fingerprint density at radius 3 is 3.10 bits per heavy atom. The summed E-state index contributed by atoms with van der Waals surface area (Å²) in [6, 6.07) is 9.24. The van der Waals surface area contributed by atoms with Gasteiger partial charge in [-0.3, -0.25) is 4.79 Å². The van der Waals surface area contributed by atoms with Gasteiger partial charge in [0.25, 0.3) is 0 Å². The fourth-order valence-corrected chi connectivity index (χ4v) is 2.51. The van der Waals surface area contributed by atoms with E-state index in [0.717, 1.165) is 32.4 Å². The van der Waals surface area contributed by atoms with E-state index in [1.165, 1.54) is 0 Å². The van der Waals surface area contributed by atoms with E-state index in [2.05, 4.69) is 13.0 Å². The number of carbonyl (C=O) groups excluding carboxylic acids is 1. The van der Waals surface area contributed by atoms with Gasteiger partial charge < -0.3 is 9.64 Å². The summed E-state index contributed by atoms with van der Waals surface area (Å²) in [5.41, 5.74) is 0.601. The van der Waals surface area contributed by atoms with Crippen molar-refractivity contribution in [1.82, 2.24) is 4.90 Å². The molecule has 1 aliphatic rings. The normalized spacial score (nSPS) is 19.0. The van der Waals surface area contributed by atoms with Crippen molar-refractivity contribution in [3.8, 4) is 11.8 Å².